The highest BCUT2D eigenvalue weighted by atomic mass is 16.7. The Morgan fingerprint density at radius 3 is 2.07 bits per heavy atom. The van der Waals surface area contributed by atoms with E-state index in [0.29, 0.717) is 39.7 Å². The van der Waals surface area contributed by atoms with Gasteiger partial charge in [0.15, 0.2) is 0 Å². The molecular formula is C23H20O6. The van der Waals surface area contributed by atoms with Gasteiger partial charge in [-0.25, -0.2) is 4.79 Å². The van der Waals surface area contributed by atoms with Gasteiger partial charge in [-0.3, -0.25) is 0 Å². The second-order valence-corrected chi connectivity index (χ2v) is 6.40. The SMILES string of the molecule is COc1ccc(O[C@]2(c3cc(OC)ccc3OC)OC(=O)c3ccccc32)cc1. The lowest BCUT2D eigenvalue weighted by Gasteiger charge is -2.31. The first-order valence-electron chi connectivity index (χ1n) is 8.99. The van der Waals surface area contributed by atoms with Gasteiger partial charge in [0.25, 0.3) is 0 Å². The number of ether oxygens (including phenoxy) is 5. The van der Waals surface area contributed by atoms with E-state index in [4.69, 9.17) is 23.7 Å². The Labute approximate surface area is 168 Å². The summed E-state index contributed by atoms with van der Waals surface area (Å²) < 4.78 is 28.4. The van der Waals surface area contributed by atoms with Crippen LogP contribution in [0.15, 0.2) is 66.7 Å². The monoisotopic (exact) mass is 392 g/mol. The van der Waals surface area contributed by atoms with Crippen LogP contribution in [0.2, 0.25) is 0 Å². The molecule has 0 unspecified atom stereocenters. The van der Waals surface area contributed by atoms with Crippen molar-refractivity contribution in [3.63, 3.8) is 0 Å². The van der Waals surface area contributed by atoms with E-state index < -0.39 is 11.8 Å². The zero-order valence-electron chi connectivity index (χ0n) is 16.3. The Morgan fingerprint density at radius 1 is 0.724 bits per heavy atom. The summed E-state index contributed by atoms with van der Waals surface area (Å²) in [5, 5.41) is 0. The van der Waals surface area contributed by atoms with Crippen molar-refractivity contribution in [1.29, 1.82) is 0 Å². The second-order valence-electron chi connectivity index (χ2n) is 6.40. The van der Waals surface area contributed by atoms with Gasteiger partial charge >= 0.3 is 11.8 Å². The molecule has 0 radical (unpaired) electrons. The minimum atomic E-state index is -1.53. The Morgan fingerprint density at radius 2 is 1.38 bits per heavy atom. The first kappa shape index (κ1) is 18.7. The van der Waals surface area contributed by atoms with Crippen LogP contribution in [0.25, 0.3) is 0 Å². The summed E-state index contributed by atoms with van der Waals surface area (Å²) >= 11 is 0. The van der Waals surface area contributed by atoms with Crippen LogP contribution in [0.5, 0.6) is 23.0 Å². The van der Waals surface area contributed by atoms with E-state index in [0.717, 1.165) is 0 Å². The quantitative estimate of drug-likeness (QED) is 0.587. The molecule has 6 heteroatoms. The fraction of sp³-hybridized carbons (Fsp3) is 0.174. The summed E-state index contributed by atoms with van der Waals surface area (Å²) in [7, 11) is 4.71. The molecule has 6 nitrogen and oxygen atoms in total. The summed E-state index contributed by atoms with van der Waals surface area (Å²) in [6.07, 6.45) is 0. The van der Waals surface area contributed by atoms with Crippen molar-refractivity contribution >= 4 is 5.97 Å². The summed E-state index contributed by atoms with van der Waals surface area (Å²) in [5.41, 5.74) is 1.55. The van der Waals surface area contributed by atoms with E-state index in [1.165, 1.54) is 0 Å². The van der Waals surface area contributed by atoms with Crippen molar-refractivity contribution in [1.82, 2.24) is 0 Å². The number of cyclic esters (lactones) is 1. The summed E-state index contributed by atoms with van der Waals surface area (Å²) in [6, 6.07) is 19.5. The molecule has 4 rings (SSSR count). The summed E-state index contributed by atoms with van der Waals surface area (Å²) in [5.74, 6) is 0.276. The molecule has 3 aromatic carbocycles. The standard InChI is InChI=1S/C23H20O6/c1-25-15-8-10-16(11-9-15)28-23(19-7-5-4-6-18(19)22(24)29-23)20-14-17(26-2)12-13-21(20)27-3/h4-14H,1-3H3/t23-/m0/s1. The highest BCUT2D eigenvalue weighted by molar-refractivity contribution is 5.95. The van der Waals surface area contributed by atoms with E-state index in [1.807, 2.05) is 12.1 Å². The lowest BCUT2D eigenvalue weighted by molar-refractivity contribution is -0.109. The number of esters is 1. The second kappa shape index (κ2) is 7.39. The molecule has 29 heavy (non-hydrogen) atoms. The lowest BCUT2D eigenvalue weighted by atomic mass is 9.94. The summed E-state index contributed by atoms with van der Waals surface area (Å²) in [6.45, 7) is 0. The normalized spacial score (nSPS) is 17.3. The third-order valence-corrected chi connectivity index (χ3v) is 4.82. The number of carbonyl (C=O) groups is 1. The van der Waals surface area contributed by atoms with Crippen molar-refractivity contribution in [2.24, 2.45) is 0 Å². The van der Waals surface area contributed by atoms with Gasteiger partial charge < -0.3 is 23.7 Å². The molecule has 1 aliphatic rings. The van der Waals surface area contributed by atoms with Crippen molar-refractivity contribution in [3.8, 4) is 23.0 Å². The maximum absolute atomic E-state index is 12.7. The van der Waals surface area contributed by atoms with Crippen LogP contribution >= 0.6 is 0 Å². The highest BCUT2D eigenvalue weighted by Gasteiger charge is 2.51. The van der Waals surface area contributed by atoms with Crippen LogP contribution < -0.4 is 18.9 Å². The van der Waals surface area contributed by atoms with Crippen LogP contribution in [0.1, 0.15) is 21.5 Å². The van der Waals surface area contributed by atoms with Crippen LogP contribution in [-0.4, -0.2) is 27.3 Å². The molecule has 0 N–H and O–H groups in total. The molecule has 0 aliphatic carbocycles. The van der Waals surface area contributed by atoms with E-state index in [2.05, 4.69) is 0 Å². The zero-order chi connectivity index (χ0) is 20.4. The number of benzene rings is 3. The topological polar surface area (TPSA) is 63.2 Å². The van der Waals surface area contributed by atoms with Crippen LogP contribution in [0.4, 0.5) is 0 Å². The molecule has 0 saturated carbocycles. The molecule has 148 valence electrons. The molecule has 0 spiro atoms. The predicted octanol–water partition coefficient (Wildman–Crippen LogP) is 4.16. The molecule has 0 amide bonds. The fourth-order valence-corrected chi connectivity index (χ4v) is 3.40. The van der Waals surface area contributed by atoms with Crippen molar-refractivity contribution in [2.45, 2.75) is 5.79 Å². The molecule has 1 atom stereocenters. The van der Waals surface area contributed by atoms with E-state index in [1.54, 1.807) is 75.9 Å². The predicted molar refractivity (Wildman–Crippen MR) is 106 cm³/mol. The van der Waals surface area contributed by atoms with Gasteiger partial charge in [-0.1, -0.05) is 12.1 Å². The average Bonchev–Trinajstić information content (AvgIpc) is 3.06. The molecule has 3 aromatic rings. The van der Waals surface area contributed by atoms with Crippen molar-refractivity contribution < 1.29 is 28.5 Å². The smallest absolute Gasteiger partial charge is 0.342 e. The molecule has 1 aliphatic heterocycles. The van der Waals surface area contributed by atoms with Gasteiger partial charge in [0, 0.05) is 0 Å². The van der Waals surface area contributed by atoms with Gasteiger partial charge in [0.1, 0.15) is 23.0 Å². The minimum absolute atomic E-state index is 0.436. The molecule has 0 fully saturated rings. The van der Waals surface area contributed by atoms with Gasteiger partial charge in [0.05, 0.1) is 38.0 Å². The number of fused-ring (bicyclic) bond motifs is 1. The lowest BCUT2D eigenvalue weighted by Crippen LogP contribution is -2.35. The van der Waals surface area contributed by atoms with Crippen molar-refractivity contribution in [3.05, 3.63) is 83.4 Å². The Balaban J connectivity index is 1.93. The fourth-order valence-electron chi connectivity index (χ4n) is 3.40. The molecule has 1 heterocycles. The summed E-state index contributed by atoms with van der Waals surface area (Å²) in [4.78, 5) is 12.7. The number of carbonyl (C=O) groups excluding carboxylic acids is 1. The number of rotatable bonds is 6. The maximum Gasteiger partial charge on any atom is 0.342 e. The highest BCUT2D eigenvalue weighted by Crippen LogP contribution is 2.47. The first-order chi connectivity index (χ1) is 14.1. The van der Waals surface area contributed by atoms with E-state index >= 15 is 0 Å². The zero-order valence-corrected chi connectivity index (χ0v) is 16.3. The molecule has 0 bridgehead atoms. The Hall–Kier alpha value is -3.67. The largest absolute Gasteiger partial charge is 0.497 e. The Kier molecular flexibility index (Phi) is 4.76. The minimum Gasteiger partial charge on any atom is -0.497 e. The molecular weight excluding hydrogens is 372 g/mol. The number of hydrogen-bond donors (Lipinski definition) is 0. The van der Waals surface area contributed by atoms with Gasteiger partial charge in [-0.2, -0.15) is 0 Å². The van der Waals surface area contributed by atoms with Gasteiger partial charge in [-0.15, -0.1) is 0 Å². The first-order valence-corrected chi connectivity index (χ1v) is 8.99. The van der Waals surface area contributed by atoms with Crippen molar-refractivity contribution in [2.75, 3.05) is 21.3 Å². The van der Waals surface area contributed by atoms with E-state index in [9.17, 15) is 4.79 Å². The molecule has 0 saturated heterocycles. The van der Waals surface area contributed by atoms with E-state index in [-0.39, 0.29) is 0 Å². The third-order valence-electron chi connectivity index (χ3n) is 4.82. The number of hydrogen-bond acceptors (Lipinski definition) is 6. The molecule has 0 aromatic heterocycles. The van der Waals surface area contributed by atoms with Crippen LogP contribution in [0.3, 0.4) is 0 Å². The van der Waals surface area contributed by atoms with Crippen LogP contribution in [-0.2, 0) is 10.5 Å². The average molecular weight is 392 g/mol. The third kappa shape index (κ3) is 3.12. The Bertz CT molecular complexity index is 1040. The van der Waals surface area contributed by atoms with Gasteiger partial charge in [-0.05, 0) is 54.6 Å². The number of methoxy groups -OCH3 is 3. The van der Waals surface area contributed by atoms with Gasteiger partial charge in [0.2, 0.25) is 0 Å². The van der Waals surface area contributed by atoms with Crippen LogP contribution in [0, 0.1) is 0 Å². The maximum atomic E-state index is 12.7.